The second-order valence-electron chi connectivity index (χ2n) is 6.91. The zero-order valence-electron chi connectivity index (χ0n) is 13.4. The Hall–Kier alpha value is -1.02. The molecule has 110 valence electrons. The molecular formula is C17H25ClN2. The van der Waals surface area contributed by atoms with Crippen molar-refractivity contribution in [1.82, 2.24) is 9.55 Å². The van der Waals surface area contributed by atoms with Crippen LogP contribution in [0.3, 0.4) is 0 Å². The fourth-order valence-corrected chi connectivity index (χ4v) is 2.51. The van der Waals surface area contributed by atoms with Gasteiger partial charge in [-0.1, -0.05) is 39.8 Å². The van der Waals surface area contributed by atoms with Crippen molar-refractivity contribution in [1.29, 1.82) is 0 Å². The first-order valence-corrected chi connectivity index (χ1v) is 7.75. The number of aromatic nitrogens is 2. The summed E-state index contributed by atoms with van der Waals surface area (Å²) in [5.74, 6) is 1.53. The average molecular weight is 293 g/mol. The highest BCUT2D eigenvalue weighted by Gasteiger charge is 2.24. The highest BCUT2D eigenvalue weighted by atomic mass is 35.5. The average Bonchev–Trinajstić information content (AvgIpc) is 2.69. The molecule has 2 rings (SSSR count). The normalized spacial score (nSPS) is 15.6. The van der Waals surface area contributed by atoms with Crippen molar-refractivity contribution in [3.05, 3.63) is 29.6 Å². The molecule has 0 aliphatic carbocycles. The van der Waals surface area contributed by atoms with Gasteiger partial charge in [0.15, 0.2) is 0 Å². The third-order valence-corrected chi connectivity index (χ3v) is 4.50. The van der Waals surface area contributed by atoms with Gasteiger partial charge in [-0.05, 0) is 36.8 Å². The van der Waals surface area contributed by atoms with Gasteiger partial charge >= 0.3 is 0 Å². The Labute approximate surface area is 127 Å². The van der Waals surface area contributed by atoms with Crippen LogP contribution in [-0.4, -0.2) is 9.55 Å². The molecule has 2 atom stereocenters. The van der Waals surface area contributed by atoms with E-state index in [1.165, 1.54) is 11.1 Å². The maximum atomic E-state index is 6.35. The number of imidazole rings is 1. The van der Waals surface area contributed by atoms with Gasteiger partial charge in [-0.2, -0.15) is 0 Å². The predicted octanol–water partition coefficient (Wildman–Crippen LogP) is 5.33. The van der Waals surface area contributed by atoms with E-state index in [9.17, 15) is 0 Å². The van der Waals surface area contributed by atoms with Gasteiger partial charge in [-0.15, -0.1) is 11.6 Å². The van der Waals surface area contributed by atoms with Crippen LogP contribution in [0, 0.1) is 18.3 Å². The molecule has 3 heteroatoms. The summed E-state index contributed by atoms with van der Waals surface area (Å²) in [6.45, 7) is 14.2. The number of aryl methyl sites for hydroxylation is 1. The lowest BCUT2D eigenvalue weighted by molar-refractivity contribution is 0.233. The molecule has 0 bridgehead atoms. The molecule has 0 aliphatic rings. The Kier molecular flexibility index (Phi) is 4.15. The molecule has 0 radical (unpaired) electrons. The van der Waals surface area contributed by atoms with Crippen molar-refractivity contribution in [3.63, 3.8) is 0 Å². The summed E-state index contributed by atoms with van der Waals surface area (Å²) in [5.41, 5.74) is 3.76. The van der Waals surface area contributed by atoms with Crippen molar-refractivity contribution in [2.24, 2.45) is 11.3 Å². The fourth-order valence-electron chi connectivity index (χ4n) is 2.35. The van der Waals surface area contributed by atoms with Gasteiger partial charge < -0.3 is 4.57 Å². The number of para-hydroxylation sites is 1. The molecule has 0 aliphatic heterocycles. The van der Waals surface area contributed by atoms with E-state index in [2.05, 4.69) is 57.4 Å². The molecule has 0 spiro atoms. The minimum absolute atomic E-state index is 0.0750. The third kappa shape index (κ3) is 2.85. The topological polar surface area (TPSA) is 17.8 Å². The Balaban J connectivity index is 2.55. The van der Waals surface area contributed by atoms with Crippen LogP contribution in [0.15, 0.2) is 18.2 Å². The molecule has 2 nitrogen and oxygen atoms in total. The quantitative estimate of drug-likeness (QED) is 0.699. The zero-order chi connectivity index (χ0) is 15.1. The number of fused-ring (bicyclic) bond motifs is 1. The molecule has 0 saturated heterocycles. The molecule has 20 heavy (non-hydrogen) atoms. The zero-order valence-corrected chi connectivity index (χ0v) is 14.1. The summed E-state index contributed by atoms with van der Waals surface area (Å²) in [6.07, 6.45) is 0. The highest BCUT2D eigenvalue weighted by Crippen LogP contribution is 2.31. The molecular weight excluding hydrogens is 268 g/mol. The minimum atomic E-state index is -0.0750. The number of nitrogens with zero attached hydrogens (tertiary/aromatic N) is 2. The maximum absolute atomic E-state index is 6.35. The number of rotatable bonds is 3. The van der Waals surface area contributed by atoms with Crippen molar-refractivity contribution < 1.29 is 0 Å². The van der Waals surface area contributed by atoms with Crippen molar-refractivity contribution in [2.45, 2.75) is 53.5 Å². The largest absolute Gasteiger partial charge is 0.326 e. The molecule has 1 aromatic heterocycles. The minimum Gasteiger partial charge on any atom is -0.326 e. The summed E-state index contributed by atoms with van der Waals surface area (Å²) >= 11 is 6.35. The van der Waals surface area contributed by atoms with Gasteiger partial charge in [0, 0.05) is 6.54 Å². The van der Waals surface area contributed by atoms with E-state index in [0.29, 0.717) is 5.92 Å². The Morgan fingerprint density at radius 2 is 1.90 bits per heavy atom. The van der Waals surface area contributed by atoms with E-state index < -0.39 is 0 Å². The summed E-state index contributed by atoms with van der Waals surface area (Å²) in [4.78, 5) is 4.78. The lowest BCUT2D eigenvalue weighted by atomic mass is 9.82. The van der Waals surface area contributed by atoms with Crippen LogP contribution in [0.1, 0.15) is 51.4 Å². The van der Waals surface area contributed by atoms with Crippen LogP contribution in [0.2, 0.25) is 0 Å². The van der Waals surface area contributed by atoms with Crippen LogP contribution < -0.4 is 0 Å². The first-order chi connectivity index (χ1) is 9.21. The van der Waals surface area contributed by atoms with E-state index >= 15 is 0 Å². The SMILES string of the molecule is Cc1cccc2c1nc(C(C)Cl)n2CC(C)C(C)(C)C. The summed E-state index contributed by atoms with van der Waals surface area (Å²) in [7, 11) is 0. The Bertz CT molecular complexity index is 605. The molecule has 0 fully saturated rings. The number of hydrogen-bond donors (Lipinski definition) is 0. The van der Waals surface area contributed by atoms with E-state index in [1.807, 2.05) is 6.92 Å². The van der Waals surface area contributed by atoms with Crippen molar-refractivity contribution in [2.75, 3.05) is 0 Å². The molecule has 2 unspecified atom stereocenters. The second kappa shape index (κ2) is 5.40. The summed E-state index contributed by atoms with van der Waals surface area (Å²) in [6, 6.07) is 6.35. The molecule has 0 amide bonds. The number of alkyl halides is 1. The van der Waals surface area contributed by atoms with Gasteiger partial charge in [0.2, 0.25) is 0 Å². The third-order valence-electron chi connectivity index (χ3n) is 4.30. The van der Waals surface area contributed by atoms with Crippen molar-refractivity contribution >= 4 is 22.6 Å². The second-order valence-corrected chi connectivity index (χ2v) is 7.56. The molecule has 2 aromatic rings. The lowest BCUT2D eigenvalue weighted by Gasteiger charge is -2.28. The van der Waals surface area contributed by atoms with Crippen molar-refractivity contribution in [3.8, 4) is 0 Å². The number of benzene rings is 1. The van der Waals surface area contributed by atoms with Gasteiger partial charge in [0.25, 0.3) is 0 Å². The molecule has 1 aromatic carbocycles. The fraction of sp³-hybridized carbons (Fsp3) is 0.588. The predicted molar refractivity (Wildman–Crippen MR) is 87.4 cm³/mol. The van der Waals surface area contributed by atoms with Gasteiger partial charge in [-0.25, -0.2) is 4.98 Å². The highest BCUT2D eigenvalue weighted by molar-refractivity contribution is 6.20. The smallest absolute Gasteiger partial charge is 0.127 e. The van der Waals surface area contributed by atoms with Crippen LogP contribution in [0.25, 0.3) is 11.0 Å². The van der Waals surface area contributed by atoms with E-state index in [1.54, 1.807) is 0 Å². The van der Waals surface area contributed by atoms with E-state index in [-0.39, 0.29) is 10.8 Å². The Morgan fingerprint density at radius 3 is 2.45 bits per heavy atom. The van der Waals surface area contributed by atoms with Gasteiger partial charge in [-0.3, -0.25) is 0 Å². The van der Waals surface area contributed by atoms with E-state index in [0.717, 1.165) is 17.9 Å². The number of hydrogen-bond acceptors (Lipinski definition) is 1. The van der Waals surface area contributed by atoms with Gasteiger partial charge in [0.05, 0.1) is 16.4 Å². The summed E-state index contributed by atoms with van der Waals surface area (Å²) < 4.78 is 2.30. The number of halogens is 1. The lowest BCUT2D eigenvalue weighted by Crippen LogP contribution is -2.23. The van der Waals surface area contributed by atoms with Crippen LogP contribution in [0.4, 0.5) is 0 Å². The van der Waals surface area contributed by atoms with E-state index in [4.69, 9.17) is 16.6 Å². The monoisotopic (exact) mass is 292 g/mol. The van der Waals surface area contributed by atoms with Crippen LogP contribution >= 0.6 is 11.6 Å². The maximum Gasteiger partial charge on any atom is 0.127 e. The standard InChI is InChI=1S/C17H25ClN2/c1-11-8-7-9-14-15(11)19-16(13(3)18)20(14)10-12(2)17(4,5)6/h7-9,12-13H,10H2,1-6H3. The van der Waals surface area contributed by atoms with Crippen LogP contribution in [-0.2, 0) is 6.54 Å². The first-order valence-electron chi connectivity index (χ1n) is 7.31. The molecule has 0 saturated carbocycles. The van der Waals surface area contributed by atoms with Crippen LogP contribution in [0.5, 0.6) is 0 Å². The Morgan fingerprint density at radius 1 is 1.25 bits per heavy atom. The van der Waals surface area contributed by atoms with Gasteiger partial charge in [0.1, 0.15) is 5.82 Å². The summed E-state index contributed by atoms with van der Waals surface area (Å²) in [5, 5.41) is -0.0750. The molecule has 1 heterocycles. The molecule has 0 N–H and O–H groups in total. The first kappa shape index (κ1) is 15.4.